The molecule has 0 aromatic heterocycles. The third kappa shape index (κ3) is 4.68. The highest BCUT2D eigenvalue weighted by Crippen LogP contribution is 2.29. The van der Waals surface area contributed by atoms with Gasteiger partial charge in [-0.3, -0.25) is 9.52 Å². The van der Waals surface area contributed by atoms with E-state index in [4.69, 9.17) is 4.74 Å². The molecule has 0 radical (unpaired) electrons. The van der Waals surface area contributed by atoms with Crippen LogP contribution in [0.3, 0.4) is 0 Å². The third-order valence-corrected chi connectivity index (χ3v) is 4.01. The van der Waals surface area contributed by atoms with Gasteiger partial charge in [0.25, 0.3) is 5.91 Å². The molecule has 0 saturated heterocycles. The van der Waals surface area contributed by atoms with Crippen molar-refractivity contribution >= 4 is 43.2 Å². The molecule has 0 unspecified atom stereocenters. The zero-order chi connectivity index (χ0) is 17.9. The van der Waals surface area contributed by atoms with Crippen molar-refractivity contribution in [1.82, 2.24) is 0 Å². The summed E-state index contributed by atoms with van der Waals surface area (Å²) in [5.74, 6) is -1.08. The van der Waals surface area contributed by atoms with Gasteiger partial charge in [0.15, 0.2) is 0 Å². The van der Waals surface area contributed by atoms with Crippen LogP contribution < -0.4 is 14.8 Å². The summed E-state index contributed by atoms with van der Waals surface area (Å²) in [6.45, 7) is 0. The average molecular weight is 417 g/mol. The molecular weight excluding hydrogens is 403 g/mol. The number of halogens is 2. The zero-order valence-electron chi connectivity index (χ0n) is 12.8. The molecule has 0 spiro atoms. The lowest BCUT2D eigenvalue weighted by atomic mass is 10.2. The van der Waals surface area contributed by atoms with Gasteiger partial charge in [-0.25, -0.2) is 12.8 Å². The molecule has 0 atom stereocenters. The number of methoxy groups -OCH3 is 1. The van der Waals surface area contributed by atoms with Gasteiger partial charge < -0.3 is 10.1 Å². The second kappa shape index (κ2) is 7.18. The fraction of sp³-hybridized carbons (Fsp3) is 0.133. The SMILES string of the molecule is COc1cc(NC(=O)c2cc(Br)ccc2F)ccc1NS(C)(=O)=O. The number of amides is 1. The van der Waals surface area contributed by atoms with Crippen LogP contribution in [-0.4, -0.2) is 27.7 Å². The minimum atomic E-state index is -3.47. The Labute approximate surface area is 147 Å². The van der Waals surface area contributed by atoms with Crippen molar-refractivity contribution < 1.29 is 22.3 Å². The first-order chi connectivity index (χ1) is 11.2. The van der Waals surface area contributed by atoms with Crippen LogP contribution in [0.5, 0.6) is 5.75 Å². The first-order valence-corrected chi connectivity index (χ1v) is 9.30. The van der Waals surface area contributed by atoms with E-state index in [1.165, 1.54) is 43.5 Å². The summed E-state index contributed by atoms with van der Waals surface area (Å²) in [6.07, 6.45) is 1.01. The molecule has 0 bridgehead atoms. The largest absolute Gasteiger partial charge is 0.494 e. The van der Waals surface area contributed by atoms with Gasteiger partial charge in [0.2, 0.25) is 10.0 Å². The Bertz CT molecular complexity index is 887. The zero-order valence-corrected chi connectivity index (χ0v) is 15.2. The fourth-order valence-electron chi connectivity index (χ4n) is 1.92. The van der Waals surface area contributed by atoms with Crippen LogP contribution in [0, 0.1) is 5.82 Å². The van der Waals surface area contributed by atoms with Gasteiger partial charge in [-0.1, -0.05) is 15.9 Å². The summed E-state index contributed by atoms with van der Waals surface area (Å²) < 4.78 is 44.3. The lowest BCUT2D eigenvalue weighted by Crippen LogP contribution is -2.14. The molecule has 2 aromatic carbocycles. The van der Waals surface area contributed by atoms with Gasteiger partial charge in [0.05, 0.1) is 24.6 Å². The standard InChI is InChI=1S/C15H14BrFN2O4S/c1-23-14-8-10(4-6-13(14)19-24(2,21)22)18-15(20)11-7-9(16)3-5-12(11)17/h3-8,19H,1-2H3,(H,18,20). The molecule has 0 aliphatic carbocycles. The topological polar surface area (TPSA) is 84.5 Å². The summed E-state index contributed by atoms with van der Waals surface area (Å²) in [4.78, 5) is 12.2. The number of hydrogen-bond donors (Lipinski definition) is 2. The van der Waals surface area contributed by atoms with E-state index in [9.17, 15) is 17.6 Å². The van der Waals surface area contributed by atoms with Crippen LogP contribution in [0.4, 0.5) is 15.8 Å². The van der Waals surface area contributed by atoms with E-state index in [0.29, 0.717) is 10.2 Å². The summed E-state index contributed by atoms with van der Waals surface area (Å²) in [5, 5.41) is 2.53. The van der Waals surface area contributed by atoms with Crippen LogP contribution in [0.15, 0.2) is 40.9 Å². The maximum absolute atomic E-state index is 13.7. The minimum absolute atomic E-state index is 0.123. The molecule has 6 nitrogen and oxygen atoms in total. The predicted molar refractivity (Wildman–Crippen MR) is 93.5 cm³/mol. The highest BCUT2D eigenvalue weighted by atomic mass is 79.9. The van der Waals surface area contributed by atoms with Crippen molar-refractivity contribution in [1.29, 1.82) is 0 Å². The molecule has 0 aliphatic heterocycles. The summed E-state index contributed by atoms with van der Waals surface area (Å²) in [5.41, 5.74) is 0.434. The molecule has 9 heteroatoms. The highest BCUT2D eigenvalue weighted by Gasteiger charge is 2.14. The molecular formula is C15H14BrFN2O4S. The second-order valence-corrected chi connectivity index (χ2v) is 7.53. The summed E-state index contributed by atoms with van der Waals surface area (Å²) in [7, 11) is -2.11. The van der Waals surface area contributed by atoms with E-state index >= 15 is 0 Å². The average Bonchev–Trinajstić information content (AvgIpc) is 2.49. The van der Waals surface area contributed by atoms with E-state index in [0.717, 1.165) is 6.26 Å². The minimum Gasteiger partial charge on any atom is -0.494 e. The summed E-state index contributed by atoms with van der Waals surface area (Å²) in [6, 6.07) is 8.37. The van der Waals surface area contributed by atoms with Crippen molar-refractivity contribution in [3.8, 4) is 5.75 Å². The monoisotopic (exact) mass is 416 g/mol. The first-order valence-electron chi connectivity index (χ1n) is 6.62. The lowest BCUT2D eigenvalue weighted by Gasteiger charge is -2.12. The van der Waals surface area contributed by atoms with Crippen LogP contribution in [-0.2, 0) is 10.0 Å². The Morgan fingerprint density at radius 3 is 2.54 bits per heavy atom. The number of sulfonamides is 1. The number of benzene rings is 2. The van der Waals surface area contributed by atoms with E-state index in [1.54, 1.807) is 0 Å². The Morgan fingerprint density at radius 2 is 1.92 bits per heavy atom. The van der Waals surface area contributed by atoms with Gasteiger partial charge in [-0.05, 0) is 30.3 Å². The van der Waals surface area contributed by atoms with Crippen LogP contribution in [0.2, 0.25) is 0 Å². The lowest BCUT2D eigenvalue weighted by molar-refractivity contribution is 0.102. The van der Waals surface area contributed by atoms with Gasteiger partial charge in [-0.2, -0.15) is 0 Å². The van der Waals surface area contributed by atoms with Crippen molar-refractivity contribution in [2.24, 2.45) is 0 Å². The molecule has 0 fully saturated rings. The van der Waals surface area contributed by atoms with Crippen molar-refractivity contribution in [2.75, 3.05) is 23.4 Å². The summed E-state index contributed by atoms with van der Waals surface area (Å²) >= 11 is 3.18. The number of carbonyl (C=O) groups excluding carboxylic acids is 1. The number of rotatable bonds is 5. The van der Waals surface area contributed by atoms with Crippen molar-refractivity contribution in [3.63, 3.8) is 0 Å². The maximum atomic E-state index is 13.7. The molecule has 2 rings (SSSR count). The second-order valence-electron chi connectivity index (χ2n) is 4.87. The molecule has 24 heavy (non-hydrogen) atoms. The smallest absolute Gasteiger partial charge is 0.258 e. The molecule has 0 heterocycles. The Morgan fingerprint density at radius 1 is 1.21 bits per heavy atom. The molecule has 0 aliphatic rings. The molecule has 2 N–H and O–H groups in total. The molecule has 0 saturated carbocycles. The Hall–Kier alpha value is -2.13. The van der Waals surface area contributed by atoms with E-state index in [2.05, 4.69) is 26.0 Å². The normalized spacial score (nSPS) is 11.0. The van der Waals surface area contributed by atoms with Crippen molar-refractivity contribution in [3.05, 3.63) is 52.3 Å². The van der Waals surface area contributed by atoms with Crippen LogP contribution in [0.25, 0.3) is 0 Å². The Kier molecular flexibility index (Phi) is 5.45. The molecule has 128 valence electrons. The number of ether oxygens (including phenoxy) is 1. The van der Waals surface area contributed by atoms with Crippen molar-refractivity contribution in [2.45, 2.75) is 0 Å². The first kappa shape index (κ1) is 18.2. The molecule has 1 amide bonds. The van der Waals surface area contributed by atoms with Gasteiger partial charge in [-0.15, -0.1) is 0 Å². The van der Waals surface area contributed by atoms with Gasteiger partial charge >= 0.3 is 0 Å². The van der Waals surface area contributed by atoms with Crippen LogP contribution >= 0.6 is 15.9 Å². The van der Waals surface area contributed by atoms with E-state index in [1.807, 2.05) is 0 Å². The molecule has 2 aromatic rings. The fourth-order valence-corrected chi connectivity index (χ4v) is 2.85. The van der Waals surface area contributed by atoms with E-state index < -0.39 is 21.7 Å². The van der Waals surface area contributed by atoms with E-state index in [-0.39, 0.29) is 17.0 Å². The van der Waals surface area contributed by atoms with Crippen LogP contribution in [0.1, 0.15) is 10.4 Å². The number of nitrogens with one attached hydrogen (secondary N) is 2. The maximum Gasteiger partial charge on any atom is 0.258 e. The Balaban J connectivity index is 2.27. The van der Waals surface area contributed by atoms with Gasteiger partial charge in [0, 0.05) is 16.2 Å². The number of anilines is 2. The predicted octanol–water partition coefficient (Wildman–Crippen LogP) is 3.22. The van der Waals surface area contributed by atoms with Gasteiger partial charge in [0.1, 0.15) is 11.6 Å². The highest BCUT2D eigenvalue weighted by molar-refractivity contribution is 9.10. The number of hydrogen-bond acceptors (Lipinski definition) is 4. The third-order valence-electron chi connectivity index (χ3n) is 2.93. The quantitative estimate of drug-likeness (QED) is 0.783. The number of carbonyl (C=O) groups is 1.